The van der Waals surface area contributed by atoms with Gasteiger partial charge in [0, 0.05) is 10.5 Å². The first-order chi connectivity index (χ1) is 11.5. The molecule has 124 valence electrons. The van der Waals surface area contributed by atoms with Crippen LogP contribution in [0.1, 0.15) is 12.1 Å². The zero-order valence-corrected chi connectivity index (χ0v) is 13.3. The molecule has 3 rings (SSSR count). The molecule has 7 heteroatoms. The highest BCUT2D eigenvalue weighted by Crippen LogP contribution is 2.30. The Labute approximate surface area is 140 Å². The average Bonchev–Trinajstić information content (AvgIpc) is 3.01. The standard InChI is InChI=1S/C17H12F4N2S/c1-24-16-7-2-10(8-13(16)19)15-9-14(17(20)21)22-23(15)12-5-3-11(18)4-6-12/h2-9,17H,1H3. The van der Waals surface area contributed by atoms with E-state index >= 15 is 0 Å². The lowest BCUT2D eigenvalue weighted by molar-refractivity contribution is 0.145. The highest BCUT2D eigenvalue weighted by atomic mass is 32.2. The summed E-state index contributed by atoms with van der Waals surface area (Å²) in [5.41, 5.74) is 0.703. The fraction of sp³-hybridized carbons (Fsp3) is 0.118. The maximum atomic E-state index is 14.0. The number of aromatic nitrogens is 2. The van der Waals surface area contributed by atoms with Gasteiger partial charge in [0.1, 0.15) is 17.3 Å². The molecule has 2 aromatic carbocycles. The Morgan fingerprint density at radius 1 is 1.00 bits per heavy atom. The van der Waals surface area contributed by atoms with Crippen LogP contribution in [0.3, 0.4) is 0 Å². The lowest BCUT2D eigenvalue weighted by Crippen LogP contribution is -2.00. The molecule has 2 nitrogen and oxygen atoms in total. The molecule has 0 aliphatic carbocycles. The molecule has 24 heavy (non-hydrogen) atoms. The number of benzene rings is 2. The number of nitrogens with zero attached hydrogens (tertiary/aromatic N) is 2. The van der Waals surface area contributed by atoms with Crippen LogP contribution in [0.5, 0.6) is 0 Å². The Kier molecular flexibility index (Phi) is 4.62. The summed E-state index contributed by atoms with van der Waals surface area (Å²) in [4.78, 5) is 0.459. The molecule has 0 aliphatic heterocycles. The number of thioether (sulfide) groups is 1. The summed E-state index contributed by atoms with van der Waals surface area (Å²) in [6.45, 7) is 0. The van der Waals surface area contributed by atoms with Gasteiger partial charge in [0.15, 0.2) is 0 Å². The van der Waals surface area contributed by atoms with E-state index in [0.29, 0.717) is 21.8 Å². The van der Waals surface area contributed by atoms with Gasteiger partial charge in [-0.3, -0.25) is 0 Å². The molecule has 0 saturated heterocycles. The minimum Gasteiger partial charge on any atom is -0.233 e. The average molecular weight is 352 g/mol. The van der Waals surface area contributed by atoms with E-state index in [2.05, 4.69) is 5.10 Å². The van der Waals surface area contributed by atoms with Crippen LogP contribution >= 0.6 is 11.8 Å². The van der Waals surface area contributed by atoms with Crippen molar-refractivity contribution in [1.29, 1.82) is 0 Å². The second kappa shape index (κ2) is 6.68. The molecule has 0 radical (unpaired) electrons. The van der Waals surface area contributed by atoms with Crippen LogP contribution < -0.4 is 0 Å². The maximum absolute atomic E-state index is 14.0. The van der Waals surface area contributed by atoms with E-state index in [1.54, 1.807) is 18.4 Å². The minimum absolute atomic E-state index is 0.309. The zero-order chi connectivity index (χ0) is 17.3. The first-order valence-electron chi connectivity index (χ1n) is 6.97. The van der Waals surface area contributed by atoms with Gasteiger partial charge in [-0.25, -0.2) is 22.2 Å². The van der Waals surface area contributed by atoms with Gasteiger partial charge in [0.25, 0.3) is 6.43 Å². The lowest BCUT2D eigenvalue weighted by Gasteiger charge is -2.09. The number of hydrogen-bond donors (Lipinski definition) is 0. The molecule has 1 aromatic heterocycles. The third-order valence-corrected chi connectivity index (χ3v) is 4.24. The van der Waals surface area contributed by atoms with E-state index in [9.17, 15) is 17.6 Å². The second-order valence-corrected chi connectivity index (χ2v) is 5.84. The van der Waals surface area contributed by atoms with Gasteiger partial charge in [-0.05, 0) is 48.7 Å². The molecule has 0 fully saturated rings. The number of halogens is 4. The first-order valence-corrected chi connectivity index (χ1v) is 8.20. The van der Waals surface area contributed by atoms with Gasteiger partial charge in [0.05, 0.1) is 11.4 Å². The highest BCUT2D eigenvalue weighted by molar-refractivity contribution is 7.98. The summed E-state index contributed by atoms with van der Waals surface area (Å²) in [6.07, 6.45) is -1.02. The molecule has 1 heterocycles. The van der Waals surface area contributed by atoms with Crippen molar-refractivity contribution >= 4 is 11.8 Å². The smallest absolute Gasteiger partial charge is 0.233 e. The topological polar surface area (TPSA) is 17.8 Å². The van der Waals surface area contributed by atoms with E-state index in [4.69, 9.17) is 0 Å². The van der Waals surface area contributed by atoms with Gasteiger partial charge in [-0.2, -0.15) is 5.10 Å². The molecule has 0 saturated carbocycles. The SMILES string of the molecule is CSc1ccc(-c2cc(C(F)F)nn2-c2ccc(F)cc2)cc1F. The molecule has 0 bridgehead atoms. The van der Waals surface area contributed by atoms with Gasteiger partial charge < -0.3 is 0 Å². The van der Waals surface area contributed by atoms with Crippen LogP contribution in [0.25, 0.3) is 16.9 Å². The Balaban J connectivity index is 2.15. The number of rotatable bonds is 4. The molecule has 0 aliphatic rings. The normalized spacial score (nSPS) is 11.2. The molecular weight excluding hydrogens is 340 g/mol. The summed E-state index contributed by atoms with van der Waals surface area (Å²) in [5, 5.41) is 3.87. The third kappa shape index (κ3) is 3.17. The van der Waals surface area contributed by atoms with Crippen molar-refractivity contribution in [1.82, 2.24) is 9.78 Å². The molecule has 0 spiro atoms. The molecule has 0 N–H and O–H groups in total. The van der Waals surface area contributed by atoms with Gasteiger partial charge in [-0.1, -0.05) is 6.07 Å². The predicted molar refractivity (Wildman–Crippen MR) is 85.7 cm³/mol. The molecular formula is C17H12F4N2S. The van der Waals surface area contributed by atoms with Crippen molar-refractivity contribution < 1.29 is 17.6 Å². The van der Waals surface area contributed by atoms with Gasteiger partial charge in [0.2, 0.25) is 0 Å². The van der Waals surface area contributed by atoms with Crippen LogP contribution in [-0.4, -0.2) is 16.0 Å². The summed E-state index contributed by atoms with van der Waals surface area (Å²) < 4.78 is 54.5. The van der Waals surface area contributed by atoms with Crippen molar-refractivity contribution in [3.8, 4) is 16.9 Å². The van der Waals surface area contributed by atoms with Crippen LogP contribution in [0.4, 0.5) is 17.6 Å². The van der Waals surface area contributed by atoms with Gasteiger partial charge in [-0.15, -0.1) is 11.8 Å². The lowest BCUT2D eigenvalue weighted by atomic mass is 10.1. The van der Waals surface area contributed by atoms with Crippen LogP contribution in [0.15, 0.2) is 53.4 Å². The first kappa shape index (κ1) is 16.6. The van der Waals surface area contributed by atoms with Crippen LogP contribution in [0, 0.1) is 11.6 Å². The number of hydrogen-bond acceptors (Lipinski definition) is 2. The second-order valence-electron chi connectivity index (χ2n) is 4.99. The van der Waals surface area contributed by atoms with E-state index < -0.39 is 23.8 Å². The zero-order valence-electron chi connectivity index (χ0n) is 12.5. The maximum Gasteiger partial charge on any atom is 0.282 e. The van der Waals surface area contributed by atoms with E-state index in [0.717, 1.165) is 0 Å². The fourth-order valence-electron chi connectivity index (χ4n) is 2.32. The van der Waals surface area contributed by atoms with Crippen LogP contribution in [0.2, 0.25) is 0 Å². The largest absolute Gasteiger partial charge is 0.282 e. The molecule has 0 unspecified atom stereocenters. The van der Waals surface area contributed by atoms with Gasteiger partial charge >= 0.3 is 0 Å². The monoisotopic (exact) mass is 352 g/mol. The van der Waals surface area contributed by atoms with E-state index in [1.807, 2.05) is 0 Å². The Morgan fingerprint density at radius 2 is 1.71 bits per heavy atom. The molecule has 0 amide bonds. The van der Waals surface area contributed by atoms with Crippen LogP contribution in [-0.2, 0) is 0 Å². The third-order valence-electron chi connectivity index (χ3n) is 3.47. The summed E-state index contributed by atoms with van der Waals surface area (Å²) in [5.74, 6) is -0.887. The molecule has 3 aromatic rings. The van der Waals surface area contributed by atoms with Crippen molar-refractivity contribution in [3.63, 3.8) is 0 Å². The summed E-state index contributed by atoms with van der Waals surface area (Å²) in [7, 11) is 0. The number of alkyl halides is 2. The summed E-state index contributed by atoms with van der Waals surface area (Å²) in [6, 6.07) is 11.0. The van der Waals surface area contributed by atoms with E-state index in [-0.39, 0.29) is 0 Å². The Morgan fingerprint density at radius 3 is 2.29 bits per heavy atom. The fourth-order valence-corrected chi connectivity index (χ4v) is 2.77. The quantitative estimate of drug-likeness (QED) is 0.457. The van der Waals surface area contributed by atoms with Crippen molar-refractivity contribution in [3.05, 3.63) is 65.9 Å². The van der Waals surface area contributed by atoms with Crippen molar-refractivity contribution in [2.24, 2.45) is 0 Å². The van der Waals surface area contributed by atoms with E-state index in [1.165, 1.54) is 52.8 Å². The van der Waals surface area contributed by atoms with Crippen molar-refractivity contribution in [2.75, 3.05) is 6.26 Å². The van der Waals surface area contributed by atoms with Crippen molar-refractivity contribution in [2.45, 2.75) is 11.3 Å². The Hall–Kier alpha value is -2.28. The predicted octanol–water partition coefficient (Wildman–Crippen LogP) is 5.48. The summed E-state index contributed by atoms with van der Waals surface area (Å²) >= 11 is 1.25. The minimum atomic E-state index is -2.76. The highest BCUT2D eigenvalue weighted by Gasteiger charge is 2.18. The molecule has 0 atom stereocenters. The Bertz CT molecular complexity index is 860.